The molecular formula is C13H18N2O3S. The van der Waals surface area contributed by atoms with Crippen molar-refractivity contribution in [3.05, 3.63) is 24.3 Å². The zero-order valence-electron chi connectivity index (χ0n) is 10.9. The lowest BCUT2D eigenvalue weighted by Crippen LogP contribution is -2.37. The van der Waals surface area contributed by atoms with Gasteiger partial charge in [0, 0.05) is 18.8 Å². The van der Waals surface area contributed by atoms with Gasteiger partial charge in [-0.05, 0) is 43.0 Å². The Morgan fingerprint density at radius 3 is 2.32 bits per heavy atom. The highest BCUT2D eigenvalue weighted by Gasteiger charge is 2.27. The van der Waals surface area contributed by atoms with Crippen LogP contribution in [0.3, 0.4) is 0 Å². The third-order valence-electron chi connectivity index (χ3n) is 3.46. The molecule has 1 saturated heterocycles. The molecule has 5 nitrogen and oxygen atoms in total. The number of carbonyl (C=O) groups is 1. The average Bonchev–Trinajstić information content (AvgIpc) is 2.40. The van der Waals surface area contributed by atoms with Gasteiger partial charge in [0.15, 0.2) is 0 Å². The first-order valence-corrected chi connectivity index (χ1v) is 7.78. The molecule has 0 bridgehead atoms. The zero-order chi connectivity index (χ0) is 13.9. The van der Waals surface area contributed by atoms with E-state index in [9.17, 15) is 13.2 Å². The number of nitrogens with one attached hydrogen (secondary N) is 1. The lowest BCUT2D eigenvalue weighted by Gasteiger charge is -2.29. The molecule has 0 unspecified atom stereocenters. The molecule has 1 heterocycles. The minimum Gasteiger partial charge on any atom is -0.329 e. The summed E-state index contributed by atoms with van der Waals surface area (Å²) in [5.74, 6) is 0.589. The molecule has 1 aromatic rings. The maximum absolute atomic E-state index is 12.4. The summed E-state index contributed by atoms with van der Waals surface area (Å²) in [5, 5.41) is 2.48. The van der Waals surface area contributed by atoms with Crippen LogP contribution < -0.4 is 5.32 Å². The molecule has 0 spiro atoms. The van der Waals surface area contributed by atoms with Gasteiger partial charge in [0.05, 0.1) is 4.90 Å². The molecule has 0 radical (unpaired) electrons. The SMILES string of the molecule is CC1CCN(S(=O)(=O)c2ccc(NC=O)cc2)CC1. The standard InChI is InChI=1S/C13H18N2O3S/c1-11-6-8-15(9-7-11)19(17,18)13-4-2-12(3-5-13)14-10-16/h2-5,10-11H,6-9H2,1H3,(H,14,16). The second-order valence-electron chi connectivity index (χ2n) is 4.87. The van der Waals surface area contributed by atoms with E-state index in [2.05, 4.69) is 12.2 Å². The molecule has 2 rings (SSSR count). The summed E-state index contributed by atoms with van der Waals surface area (Å²) in [7, 11) is -3.40. The first kappa shape index (κ1) is 14.0. The second-order valence-corrected chi connectivity index (χ2v) is 6.81. The number of rotatable bonds is 4. The van der Waals surface area contributed by atoms with Crippen LogP contribution in [-0.4, -0.2) is 32.2 Å². The van der Waals surface area contributed by atoms with Crippen LogP contribution in [0.4, 0.5) is 5.69 Å². The highest BCUT2D eigenvalue weighted by atomic mass is 32.2. The van der Waals surface area contributed by atoms with Crippen LogP contribution in [0.1, 0.15) is 19.8 Å². The Kier molecular flexibility index (Phi) is 4.21. The van der Waals surface area contributed by atoms with E-state index >= 15 is 0 Å². The first-order valence-electron chi connectivity index (χ1n) is 6.34. The number of anilines is 1. The summed E-state index contributed by atoms with van der Waals surface area (Å²) in [6.07, 6.45) is 2.38. The van der Waals surface area contributed by atoms with E-state index in [1.807, 2.05) is 0 Å². The molecule has 6 heteroatoms. The van der Waals surface area contributed by atoms with E-state index in [-0.39, 0.29) is 4.90 Å². The molecule has 0 aromatic heterocycles. The molecule has 1 aliphatic rings. The molecule has 0 aliphatic carbocycles. The molecule has 1 amide bonds. The summed E-state index contributed by atoms with van der Waals surface area (Å²) in [6, 6.07) is 6.24. The van der Waals surface area contributed by atoms with Crippen LogP contribution in [0.2, 0.25) is 0 Å². The van der Waals surface area contributed by atoms with Gasteiger partial charge in [-0.3, -0.25) is 4.79 Å². The molecule has 0 saturated carbocycles. The summed E-state index contributed by atoms with van der Waals surface area (Å²) >= 11 is 0. The van der Waals surface area contributed by atoms with E-state index in [1.54, 1.807) is 12.1 Å². The largest absolute Gasteiger partial charge is 0.329 e. The molecule has 104 valence electrons. The van der Waals surface area contributed by atoms with E-state index in [0.29, 0.717) is 31.1 Å². The zero-order valence-corrected chi connectivity index (χ0v) is 11.7. The average molecular weight is 282 g/mol. The van der Waals surface area contributed by atoms with Crippen molar-refractivity contribution in [2.24, 2.45) is 5.92 Å². The quantitative estimate of drug-likeness (QED) is 0.854. The monoisotopic (exact) mass is 282 g/mol. The molecule has 19 heavy (non-hydrogen) atoms. The predicted octanol–water partition coefficient (Wildman–Crippen LogP) is 1.68. The van der Waals surface area contributed by atoms with Crippen LogP contribution in [0, 0.1) is 5.92 Å². The number of benzene rings is 1. The van der Waals surface area contributed by atoms with Crippen LogP contribution in [0.25, 0.3) is 0 Å². The van der Waals surface area contributed by atoms with Gasteiger partial charge in [0.25, 0.3) is 0 Å². The van der Waals surface area contributed by atoms with Crippen LogP contribution in [0.15, 0.2) is 29.2 Å². The van der Waals surface area contributed by atoms with Crippen molar-refractivity contribution >= 4 is 22.1 Å². The number of nitrogens with zero attached hydrogens (tertiary/aromatic N) is 1. The third-order valence-corrected chi connectivity index (χ3v) is 5.37. The van der Waals surface area contributed by atoms with Gasteiger partial charge in [-0.15, -0.1) is 0 Å². The van der Waals surface area contributed by atoms with Crippen molar-refractivity contribution in [1.82, 2.24) is 4.31 Å². The summed E-state index contributed by atoms with van der Waals surface area (Å²) in [6.45, 7) is 3.31. The van der Waals surface area contributed by atoms with Gasteiger partial charge in [0.2, 0.25) is 16.4 Å². The Morgan fingerprint density at radius 2 is 1.79 bits per heavy atom. The fraction of sp³-hybridized carbons (Fsp3) is 0.462. The lowest BCUT2D eigenvalue weighted by atomic mass is 10.0. The van der Waals surface area contributed by atoms with Crippen molar-refractivity contribution in [1.29, 1.82) is 0 Å². The molecule has 0 atom stereocenters. The number of carbonyl (C=O) groups excluding carboxylic acids is 1. The highest BCUT2D eigenvalue weighted by molar-refractivity contribution is 7.89. The Bertz CT molecular complexity index is 532. The number of sulfonamides is 1. The van der Waals surface area contributed by atoms with Crippen molar-refractivity contribution in [2.45, 2.75) is 24.7 Å². The maximum atomic E-state index is 12.4. The van der Waals surface area contributed by atoms with E-state index in [1.165, 1.54) is 16.4 Å². The number of hydrogen-bond acceptors (Lipinski definition) is 3. The van der Waals surface area contributed by atoms with Crippen LogP contribution in [-0.2, 0) is 14.8 Å². The number of hydrogen-bond donors (Lipinski definition) is 1. The topological polar surface area (TPSA) is 66.5 Å². The van der Waals surface area contributed by atoms with E-state index in [4.69, 9.17) is 0 Å². The van der Waals surface area contributed by atoms with Gasteiger partial charge >= 0.3 is 0 Å². The Hall–Kier alpha value is -1.40. The summed E-state index contributed by atoms with van der Waals surface area (Å²) < 4.78 is 26.3. The fourth-order valence-electron chi connectivity index (χ4n) is 2.17. The minimum atomic E-state index is -3.40. The van der Waals surface area contributed by atoms with Gasteiger partial charge in [-0.1, -0.05) is 6.92 Å². The van der Waals surface area contributed by atoms with Crippen LogP contribution in [0.5, 0.6) is 0 Å². The van der Waals surface area contributed by atoms with Gasteiger partial charge in [0.1, 0.15) is 0 Å². The smallest absolute Gasteiger partial charge is 0.243 e. The lowest BCUT2D eigenvalue weighted by molar-refractivity contribution is -0.105. The number of piperidine rings is 1. The third kappa shape index (κ3) is 3.13. The Labute approximate surface area is 113 Å². The fourth-order valence-corrected chi connectivity index (χ4v) is 3.64. The molecule has 1 fully saturated rings. The minimum absolute atomic E-state index is 0.276. The van der Waals surface area contributed by atoms with Gasteiger partial charge in [-0.25, -0.2) is 8.42 Å². The van der Waals surface area contributed by atoms with Crippen molar-refractivity contribution in [3.63, 3.8) is 0 Å². The van der Waals surface area contributed by atoms with Crippen molar-refractivity contribution in [2.75, 3.05) is 18.4 Å². The van der Waals surface area contributed by atoms with Gasteiger partial charge in [-0.2, -0.15) is 4.31 Å². The normalized spacial score (nSPS) is 18.2. The van der Waals surface area contributed by atoms with Crippen molar-refractivity contribution < 1.29 is 13.2 Å². The van der Waals surface area contributed by atoms with Gasteiger partial charge < -0.3 is 5.32 Å². The predicted molar refractivity (Wildman–Crippen MR) is 73.3 cm³/mol. The first-order chi connectivity index (χ1) is 9.04. The molecule has 1 aromatic carbocycles. The molecular weight excluding hydrogens is 264 g/mol. The Balaban J connectivity index is 2.17. The number of amides is 1. The van der Waals surface area contributed by atoms with E-state index in [0.717, 1.165) is 12.8 Å². The summed E-state index contributed by atoms with van der Waals surface area (Å²) in [4.78, 5) is 10.6. The highest BCUT2D eigenvalue weighted by Crippen LogP contribution is 2.24. The summed E-state index contributed by atoms with van der Waals surface area (Å²) in [5.41, 5.74) is 0.584. The molecule has 1 aliphatic heterocycles. The second kappa shape index (κ2) is 5.71. The van der Waals surface area contributed by atoms with Crippen molar-refractivity contribution in [3.8, 4) is 0 Å². The van der Waals surface area contributed by atoms with Crippen LogP contribution >= 0.6 is 0 Å². The molecule has 1 N–H and O–H groups in total. The van der Waals surface area contributed by atoms with E-state index < -0.39 is 10.0 Å². The Morgan fingerprint density at radius 1 is 1.21 bits per heavy atom. The maximum Gasteiger partial charge on any atom is 0.243 e.